The Morgan fingerprint density at radius 1 is 0.943 bits per heavy atom. The van der Waals surface area contributed by atoms with E-state index >= 15 is 0 Å². The average Bonchev–Trinajstić information content (AvgIpc) is 3.38. The number of aryl methyl sites for hydroxylation is 2. The quantitative estimate of drug-likeness (QED) is 0.238. The first-order valence-electron chi connectivity index (χ1n) is 12.0. The van der Waals surface area contributed by atoms with Crippen LogP contribution < -0.4 is 4.74 Å². The van der Waals surface area contributed by atoms with E-state index < -0.39 is 10.9 Å². The summed E-state index contributed by atoms with van der Waals surface area (Å²) in [4.78, 5) is 15.5. The topological polar surface area (TPSA) is 35.5 Å². The van der Waals surface area contributed by atoms with E-state index in [1.54, 1.807) is 0 Å². The highest BCUT2D eigenvalue weighted by Gasteiger charge is 2.27. The summed E-state index contributed by atoms with van der Waals surface area (Å²) in [5, 5.41) is 4.81. The fourth-order valence-electron chi connectivity index (χ4n) is 5.48. The Morgan fingerprint density at radius 2 is 1.69 bits per heavy atom. The lowest BCUT2D eigenvalue weighted by Crippen LogP contribution is -2.18. The van der Waals surface area contributed by atoms with Crippen LogP contribution in [0.25, 0.3) is 16.3 Å². The van der Waals surface area contributed by atoms with E-state index in [0.717, 1.165) is 22.4 Å². The lowest BCUT2D eigenvalue weighted by molar-refractivity contribution is -0.151. The van der Waals surface area contributed by atoms with Crippen LogP contribution in [0.3, 0.4) is 0 Å². The molecule has 35 heavy (non-hydrogen) atoms. The molecule has 0 aromatic heterocycles. The minimum absolute atomic E-state index is 0.0968. The Bertz CT molecular complexity index is 1490. The largest absolute Gasteiger partial charge is 0.481 e. The van der Waals surface area contributed by atoms with Crippen molar-refractivity contribution in [1.29, 1.82) is 0 Å². The molecule has 176 valence electrons. The minimum atomic E-state index is -0.519. The van der Waals surface area contributed by atoms with Crippen molar-refractivity contribution in [1.82, 2.24) is 0 Å². The Morgan fingerprint density at radius 3 is 2.49 bits per heavy atom. The maximum Gasteiger partial charge on any atom is 0.344 e. The predicted molar refractivity (Wildman–Crippen MR) is 144 cm³/mol. The fourth-order valence-corrected chi connectivity index (χ4v) is 8.00. The highest BCUT2D eigenvalue weighted by molar-refractivity contribution is 8.20. The number of carbonyl (C=O) groups excluding carboxylic acids is 1. The van der Waals surface area contributed by atoms with Crippen LogP contribution in [0.4, 0.5) is 0 Å². The van der Waals surface area contributed by atoms with Crippen LogP contribution in [0.5, 0.6) is 5.75 Å². The zero-order valence-corrected chi connectivity index (χ0v) is 21.1. The van der Waals surface area contributed by atoms with Crippen molar-refractivity contribution < 1.29 is 14.3 Å². The maximum absolute atomic E-state index is 12.8. The van der Waals surface area contributed by atoms with E-state index in [2.05, 4.69) is 92.9 Å². The van der Waals surface area contributed by atoms with Gasteiger partial charge in [0.25, 0.3) is 0 Å². The molecule has 0 spiro atoms. The second-order valence-electron chi connectivity index (χ2n) is 9.44. The second-order valence-corrected chi connectivity index (χ2v) is 11.4. The van der Waals surface area contributed by atoms with Crippen LogP contribution in [0.1, 0.15) is 40.8 Å². The fraction of sp³-hybridized carbons (Fsp3) is 0.194. The normalized spacial score (nSPS) is 18.9. The summed E-state index contributed by atoms with van der Waals surface area (Å²) in [6, 6.07) is 25.6. The molecule has 4 aromatic carbocycles. The second kappa shape index (κ2) is 8.62. The van der Waals surface area contributed by atoms with Crippen LogP contribution >= 0.6 is 10.9 Å². The number of thiol groups is 1. The SMILES string of the molecule is CC1=C[SH](c2cc(C)c(OCC(=O)OC3Cc4cccc5cccc3c45)c(C)c2)c2ccccc21. The summed E-state index contributed by atoms with van der Waals surface area (Å²) in [6.45, 7) is 6.20. The number of carbonyl (C=O) groups is 1. The highest BCUT2D eigenvalue weighted by atomic mass is 32.2. The molecule has 0 radical (unpaired) electrons. The number of fused-ring (bicyclic) bond motifs is 1. The molecule has 4 heteroatoms. The molecule has 1 heterocycles. The van der Waals surface area contributed by atoms with E-state index in [1.165, 1.54) is 37.3 Å². The molecule has 0 bridgehead atoms. The molecule has 2 aliphatic rings. The molecule has 4 aromatic rings. The van der Waals surface area contributed by atoms with Crippen molar-refractivity contribution in [2.24, 2.45) is 0 Å². The molecule has 3 nitrogen and oxygen atoms in total. The average molecular weight is 481 g/mol. The Balaban J connectivity index is 1.16. The van der Waals surface area contributed by atoms with Gasteiger partial charge in [-0.3, -0.25) is 0 Å². The predicted octanol–water partition coefficient (Wildman–Crippen LogP) is 7.47. The zero-order valence-electron chi connectivity index (χ0n) is 20.2. The van der Waals surface area contributed by atoms with Gasteiger partial charge in [0, 0.05) is 16.9 Å². The number of hydrogen-bond donors (Lipinski definition) is 1. The van der Waals surface area contributed by atoms with Crippen LogP contribution in [0.15, 0.2) is 88.0 Å². The van der Waals surface area contributed by atoms with Crippen LogP contribution in [0, 0.1) is 13.8 Å². The lowest BCUT2D eigenvalue weighted by atomic mass is 10.1. The zero-order chi connectivity index (χ0) is 24.1. The third kappa shape index (κ3) is 3.82. The van der Waals surface area contributed by atoms with Gasteiger partial charge in [-0.25, -0.2) is 4.79 Å². The van der Waals surface area contributed by atoms with Crippen molar-refractivity contribution in [3.63, 3.8) is 0 Å². The van der Waals surface area contributed by atoms with Gasteiger partial charge in [-0.15, -0.1) is 0 Å². The molecule has 1 aliphatic carbocycles. The van der Waals surface area contributed by atoms with E-state index in [0.29, 0.717) is 6.42 Å². The van der Waals surface area contributed by atoms with E-state index in [9.17, 15) is 4.79 Å². The van der Waals surface area contributed by atoms with Gasteiger partial charge in [-0.2, -0.15) is 10.9 Å². The molecular weight excluding hydrogens is 452 g/mol. The van der Waals surface area contributed by atoms with Gasteiger partial charge in [0.2, 0.25) is 0 Å². The first-order chi connectivity index (χ1) is 17.0. The molecule has 0 amide bonds. The Hall–Kier alpha value is -3.50. The monoisotopic (exact) mass is 480 g/mol. The molecule has 2 atom stereocenters. The molecule has 1 aliphatic heterocycles. The van der Waals surface area contributed by atoms with Crippen LogP contribution in [-0.2, 0) is 16.0 Å². The molecule has 0 saturated heterocycles. The molecule has 0 N–H and O–H groups in total. The van der Waals surface area contributed by atoms with Crippen molar-refractivity contribution in [3.8, 4) is 5.75 Å². The summed E-state index contributed by atoms with van der Waals surface area (Å²) in [7, 11) is -0.519. The molecule has 0 saturated carbocycles. The van der Waals surface area contributed by atoms with Gasteiger partial charge in [-0.05, 0) is 87.9 Å². The third-order valence-electron chi connectivity index (χ3n) is 7.02. The number of hydrogen-bond acceptors (Lipinski definition) is 3. The number of allylic oxidation sites excluding steroid dienone is 1. The lowest BCUT2D eigenvalue weighted by Gasteiger charge is -2.20. The summed E-state index contributed by atoms with van der Waals surface area (Å²) in [6.07, 6.45) is 0.463. The first kappa shape index (κ1) is 22.0. The van der Waals surface area contributed by atoms with Gasteiger partial charge < -0.3 is 9.47 Å². The number of ether oxygens (including phenoxy) is 2. The summed E-state index contributed by atoms with van der Waals surface area (Å²) < 4.78 is 11.9. The number of rotatable bonds is 5. The Kier molecular flexibility index (Phi) is 5.42. The van der Waals surface area contributed by atoms with E-state index in [4.69, 9.17) is 9.47 Å². The summed E-state index contributed by atoms with van der Waals surface area (Å²) in [5.41, 5.74) is 7.11. The van der Waals surface area contributed by atoms with E-state index in [-0.39, 0.29) is 18.7 Å². The molecular formula is C31H28O3S. The number of benzene rings is 4. The van der Waals surface area contributed by atoms with Crippen LogP contribution in [-0.4, -0.2) is 12.6 Å². The van der Waals surface area contributed by atoms with Crippen molar-refractivity contribution in [3.05, 3.63) is 106 Å². The third-order valence-corrected chi connectivity index (χ3v) is 9.39. The summed E-state index contributed by atoms with van der Waals surface area (Å²) in [5.74, 6) is 0.432. The van der Waals surface area contributed by atoms with Gasteiger partial charge >= 0.3 is 5.97 Å². The van der Waals surface area contributed by atoms with Crippen molar-refractivity contribution in [2.75, 3.05) is 6.61 Å². The molecule has 6 rings (SSSR count). The van der Waals surface area contributed by atoms with Gasteiger partial charge in [0.1, 0.15) is 11.9 Å². The Labute approximate surface area is 208 Å². The van der Waals surface area contributed by atoms with Gasteiger partial charge in [0.05, 0.1) is 0 Å². The van der Waals surface area contributed by atoms with Crippen LogP contribution in [0.2, 0.25) is 0 Å². The van der Waals surface area contributed by atoms with Crippen molar-refractivity contribution >= 4 is 33.2 Å². The summed E-state index contributed by atoms with van der Waals surface area (Å²) >= 11 is 0. The highest BCUT2D eigenvalue weighted by Crippen LogP contribution is 2.55. The standard InChI is InChI=1S/C31H28O3S/c1-19-14-24(35-18-21(3)25-11-4-5-13-28(25)35)15-20(2)31(19)33-17-29(32)34-27-16-23-10-6-8-22-9-7-12-26(27)30(22)23/h4-15,18,27,35H,16-17H2,1-3H3. The number of esters is 1. The molecule has 2 unspecified atom stereocenters. The van der Waals surface area contributed by atoms with E-state index in [1.807, 2.05) is 6.07 Å². The first-order valence-corrected chi connectivity index (χ1v) is 13.4. The van der Waals surface area contributed by atoms with Crippen molar-refractivity contribution in [2.45, 2.75) is 43.1 Å². The van der Waals surface area contributed by atoms with Gasteiger partial charge in [0.15, 0.2) is 6.61 Å². The maximum atomic E-state index is 12.8. The minimum Gasteiger partial charge on any atom is -0.481 e. The van der Waals surface area contributed by atoms with Gasteiger partial charge in [-0.1, -0.05) is 54.6 Å². The molecule has 0 fully saturated rings. The smallest absolute Gasteiger partial charge is 0.344 e.